The Labute approximate surface area is 108 Å². The molecule has 0 saturated carbocycles. The van der Waals surface area contributed by atoms with E-state index in [1.165, 1.54) is 12.1 Å². The van der Waals surface area contributed by atoms with Crippen LogP contribution in [0.5, 0.6) is 0 Å². The van der Waals surface area contributed by atoms with E-state index in [1.807, 2.05) is 0 Å². The lowest BCUT2D eigenvalue weighted by Gasteiger charge is -2.08. The molecule has 2 N–H and O–H groups in total. The zero-order valence-electron chi connectivity index (χ0n) is 10.4. The van der Waals surface area contributed by atoms with Crippen molar-refractivity contribution in [3.8, 4) is 0 Å². The van der Waals surface area contributed by atoms with Crippen LogP contribution in [-0.4, -0.2) is 34.7 Å². The summed E-state index contributed by atoms with van der Waals surface area (Å²) in [5.74, 6) is 0.626. The van der Waals surface area contributed by atoms with Crippen LogP contribution < -0.4 is 10.6 Å². The second kappa shape index (κ2) is 6.95. The van der Waals surface area contributed by atoms with Gasteiger partial charge in [-0.25, -0.2) is 0 Å². The minimum Gasteiger partial charge on any atom is -0.388 e. The number of hydrogen-bond donors (Lipinski definition) is 2. The van der Waals surface area contributed by atoms with E-state index in [0.717, 1.165) is 6.42 Å². The zero-order chi connectivity index (χ0) is 13.5. The predicted octanol–water partition coefficient (Wildman–Crippen LogP) is 1.82. The van der Waals surface area contributed by atoms with Gasteiger partial charge in [-0.1, -0.05) is 0 Å². The lowest BCUT2D eigenvalue weighted by molar-refractivity contribution is -0.384. The van der Waals surface area contributed by atoms with Crippen molar-refractivity contribution in [2.45, 2.75) is 6.42 Å². The Morgan fingerprint density at radius 1 is 1.33 bits per heavy atom. The van der Waals surface area contributed by atoms with Crippen molar-refractivity contribution in [1.82, 2.24) is 0 Å². The maximum Gasteiger partial charge on any atom is 0.273 e. The van der Waals surface area contributed by atoms with E-state index in [1.54, 1.807) is 19.4 Å². The van der Waals surface area contributed by atoms with E-state index in [4.69, 9.17) is 0 Å². The number of anilines is 2. The molecule has 1 atom stereocenters. The SMILES string of the molecule is CNc1cc(NCCCS(C)=O)cc([N+](=O)[O-])c1. The van der Waals surface area contributed by atoms with E-state index >= 15 is 0 Å². The monoisotopic (exact) mass is 271 g/mol. The second-order valence-corrected chi connectivity index (χ2v) is 5.39. The molecule has 0 fully saturated rings. The molecule has 0 amide bonds. The van der Waals surface area contributed by atoms with Gasteiger partial charge in [-0.3, -0.25) is 14.3 Å². The Morgan fingerprint density at radius 3 is 2.56 bits per heavy atom. The highest BCUT2D eigenvalue weighted by Gasteiger charge is 2.08. The van der Waals surface area contributed by atoms with Gasteiger partial charge in [0.15, 0.2) is 0 Å². The first-order valence-electron chi connectivity index (χ1n) is 5.54. The smallest absolute Gasteiger partial charge is 0.273 e. The van der Waals surface area contributed by atoms with Crippen molar-refractivity contribution in [3.63, 3.8) is 0 Å². The lowest BCUT2D eigenvalue weighted by Crippen LogP contribution is -2.06. The summed E-state index contributed by atoms with van der Waals surface area (Å²) in [5, 5.41) is 16.7. The van der Waals surface area contributed by atoms with Crippen molar-refractivity contribution >= 4 is 27.9 Å². The van der Waals surface area contributed by atoms with Gasteiger partial charge in [0.1, 0.15) is 0 Å². The highest BCUT2D eigenvalue weighted by atomic mass is 32.2. The molecule has 0 heterocycles. The normalized spacial score (nSPS) is 11.9. The van der Waals surface area contributed by atoms with Gasteiger partial charge in [0.05, 0.1) is 4.92 Å². The average Bonchev–Trinajstić information content (AvgIpc) is 2.34. The molecule has 0 saturated heterocycles. The van der Waals surface area contributed by atoms with Crippen molar-refractivity contribution in [2.24, 2.45) is 0 Å². The van der Waals surface area contributed by atoms with Gasteiger partial charge >= 0.3 is 0 Å². The fourth-order valence-electron chi connectivity index (χ4n) is 1.47. The molecule has 0 aromatic heterocycles. The molecule has 1 rings (SSSR count). The molecule has 0 bridgehead atoms. The molecule has 0 radical (unpaired) electrons. The van der Waals surface area contributed by atoms with Gasteiger partial charge in [-0.05, 0) is 12.5 Å². The molecule has 100 valence electrons. The van der Waals surface area contributed by atoms with Gasteiger partial charge < -0.3 is 10.6 Å². The number of nitro groups is 1. The van der Waals surface area contributed by atoms with Crippen LogP contribution in [0, 0.1) is 10.1 Å². The fourth-order valence-corrected chi connectivity index (χ4v) is 2.02. The first kappa shape index (κ1) is 14.4. The molecule has 1 aromatic rings. The molecule has 1 unspecified atom stereocenters. The molecule has 18 heavy (non-hydrogen) atoms. The van der Waals surface area contributed by atoms with Crippen LogP contribution in [0.1, 0.15) is 6.42 Å². The summed E-state index contributed by atoms with van der Waals surface area (Å²) in [6.07, 6.45) is 2.42. The molecule has 6 nitrogen and oxygen atoms in total. The summed E-state index contributed by atoms with van der Waals surface area (Å²) < 4.78 is 10.9. The number of hydrogen-bond acceptors (Lipinski definition) is 5. The second-order valence-electron chi connectivity index (χ2n) is 3.83. The first-order chi connectivity index (χ1) is 8.52. The Hall–Kier alpha value is -1.63. The van der Waals surface area contributed by atoms with Gasteiger partial charge in [0.2, 0.25) is 0 Å². The van der Waals surface area contributed by atoms with Crippen LogP contribution in [0.3, 0.4) is 0 Å². The maximum atomic E-state index is 10.9. The number of non-ortho nitro benzene ring substituents is 1. The summed E-state index contributed by atoms with van der Waals surface area (Å²) in [6.45, 7) is 0.643. The van der Waals surface area contributed by atoms with Gasteiger partial charge in [0, 0.05) is 59.9 Å². The molecular formula is C11H17N3O3S. The van der Waals surface area contributed by atoms with Crippen LogP contribution in [0.2, 0.25) is 0 Å². The van der Waals surface area contributed by atoms with Crippen LogP contribution in [0.15, 0.2) is 18.2 Å². The van der Waals surface area contributed by atoms with E-state index in [-0.39, 0.29) is 5.69 Å². The molecular weight excluding hydrogens is 254 g/mol. The minimum atomic E-state index is -0.802. The van der Waals surface area contributed by atoms with Crippen LogP contribution >= 0.6 is 0 Å². The summed E-state index contributed by atoms with van der Waals surface area (Å²) in [7, 11) is 0.910. The lowest BCUT2D eigenvalue weighted by atomic mass is 10.2. The van der Waals surface area contributed by atoms with Crippen LogP contribution in [0.4, 0.5) is 17.1 Å². The summed E-state index contributed by atoms with van der Waals surface area (Å²) in [5.41, 5.74) is 1.42. The van der Waals surface area contributed by atoms with Crippen molar-refractivity contribution < 1.29 is 9.13 Å². The summed E-state index contributed by atoms with van der Waals surface area (Å²) >= 11 is 0. The summed E-state index contributed by atoms with van der Waals surface area (Å²) in [4.78, 5) is 10.3. The van der Waals surface area contributed by atoms with Gasteiger partial charge in [-0.2, -0.15) is 0 Å². The third-order valence-electron chi connectivity index (χ3n) is 2.35. The molecule has 0 aliphatic heterocycles. The minimum absolute atomic E-state index is 0.0448. The standard InChI is InChI=1S/C11H17N3O3S/c1-12-9-6-10(8-11(7-9)14(15)16)13-4-3-5-18(2)17/h6-8,12-13H,3-5H2,1-2H3. The fraction of sp³-hybridized carbons (Fsp3) is 0.455. The van der Waals surface area contributed by atoms with Crippen LogP contribution in [-0.2, 0) is 10.8 Å². The summed E-state index contributed by atoms with van der Waals surface area (Å²) in [6, 6.07) is 4.77. The van der Waals surface area contributed by atoms with E-state index < -0.39 is 15.7 Å². The highest BCUT2D eigenvalue weighted by Crippen LogP contribution is 2.23. The number of nitrogens with zero attached hydrogens (tertiary/aromatic N) is 1. The number of benzene rings is 1. The number of rotatable bonds is 7. The number of nitro benzene ring substituents is 1. The third kappa shape index (κ3) is 4.70. The Morgan fingerprint density at radius 2 is 2.00 bits per heavy atom. The predicted molar refractivity (Wildman–Crippen MR) is 74.7 cm³/mol. The van der Waals surface area contributed by atoms with Gasteiger partial charge in [0.25, 0.3) is 5.69 Å². The molecule has 7 heteroatoms. The van der Waals surface area contributed by atoms with E-state index in [0.29, 0.717) is 23.7 Å². The largest absolute Gasteiger partial charge is 0.388 e. The third-order valence-corrected chi connectivity index (χ3v) is 3.22. The van der Waals surface area contributed by atoms with Crippen molar-refractivity contribution in [1.29, 1.82) is 0 Å². The van der Waals surface area contributed by atoms with Crippen molar-refractivity contribution in [3.05, 3.63) is 28.3 Å². The van der Waals surface area contributed by atoms with Crippen molar-refractivity contribution in [2.75, 3.05) is 36.2 Å². The van der Waals surface area contributed by atoms with E-state index in [9.17, 15) is 14.3 Å². The highest BCUT2D eigenvalue weighted by molar-refractivity contribution is 7.84. The Balaban J connectivity index is 2.66. The van der Waals surface area contributed by atoms with E-state index in [2.05, 4.69) is 10.6 Å². The molecule has 0 spiro atoms. The molecule has 0 aliphatic carbocycles. The molecule has 1 aromatic carbocycles. The van der Waals surface area contributed by atoms with Crippen LogP contribution in [0.25, 0.3) is 0 Å². The Bertz CT molecular complexity index is 451. The number of nitrogens with one attached hydrogen (secondary N) is 2. The maximum absolute atomic E-state index is 10.9. The first-order valence-corrected chi connectivity index (χ1v) is 7.27. The quantitative estimate of drug-likeness (QED) is 0.449. The average molecular weight is 271 g/mol. The molecule has 0 aliphatic rings. The van der Waals surface area contributed by atoms with Gasteiger partial charge in [-0.15, -0.1) is 0 Å². The zero-order valence-corrected chi connectivity index (χ0v) is 11.3. The Kier molecular flexibility index (Phi) is 5.57. The topological polar surface area (TPSA) is 84.3 Å².